The second-order valence-corrected chi connectivity index (χ2v) is 5.29. The van der Waals surface area contributed by atoms with Gasteiger partial charge in [-0.3, -0.25) is 14.4 Å². The average Bonchev–Trinajstić information content (AvgIpc) is 2.53. The first-order valence-electron chi connectivity index (χ1n) is 8.03. The molecule has 3 amide bonds. The number of carbonyl (C=O) groups is 3. The van der Waals surface area contributed by atoms with Gasteiger partial charge in [-0.15, -0.1) is 6.58 Å². The number of allylic oxidation sites excluding steroid dienone is 1. The Kier molecular flexibility index (Phi) is 12.6. The van der Waals surface area contributed by atoms with Crippen LogP contribution in [0.15, 0.2) is 12.7 Å². The summed E-state index contributed by atoms with van der Waals surface area (Å²) in [6.07, 6.45) is 8.06. The number of hydrogen-bond acceptors (Lipinski definition) is 4. The number of ether oxygens (including phenoxy) is 1. The predicted molar refractivity (Wildman–Crippen MR) is 88.5 cm³/mol. The molecular formula is C16H29N3O4. The third-order valence-electron chi connectivity index (χ3n) is 3.25. The van der Waals surface area contributed by atoms with Crippen LogP contribution in [0.5, 0.6) is 0 Å². The van der Waals surface area contributed by atoms with Gasteiger partial charge in [0.2, 0.25) is 17.7 Å². The third-order valence-corrected chi connectivity index (χ3v) is 3.25. The zero-order chi connectivity index (χ0) is 17.5. The molecule has 0 spiro atoms. The van der Waals surface area contributed by atoms with E-state index in [1.165, 1.54) is 0 Å². The maximum Gasteiger partial charge on any atom is 0.246 e. The summed E-state index contributed by atoms with van der Waals surface area (Å²) in [5, 5.41) is 4.71. The van der Waals surface area contributed by atoms with Crippen LogP contribution >= 0.6 is 0 Å². The van der Waals surface area contributed by atoms with Crippen LogP contribution in [0.25, 0.3) is 0 Å². The lowest BCUT2D eigenvalue weighted by Gasteiger charge is -2.15. The van der Waals surface area contributed by atoms with Gasteiger partial charge in [0.15, 0.2) is 0 Å². The van der Waals surface area contributed by atoms with Crippen LogP contribution < -0.4 is 16.4 Å². The number of unbranched alkanes of at least 4 members (excludes halogenated alkanes) is 3. The normalized spacial score (nSPS) is 11.5. The largest absolute Gasteiger partial charge is 0.368 e. The molecule has 0 aromatic heterocycles. The van der Waals surface area contributed by atoms with E-state index in [1.54, 1.807) is 0 Å². The van der Waals surface area contributed by atoms with Gasteiger partial charge in [0.1, 0.15) is 6.61 Å². The Morgan fingerprint density at radius 1 is 1.13 bits per heavy atom. The summed E-state index contributed by atoms with van der Waals surface area (Å²) >= 11 is 0. The maximum absolute atomic E-state index is 11.6. The van der Waals surface area contributed by atoms with Crippen molar-refractivity contribution in [3.05, 3.63) is 12.7 Å². The van der Waals surface area contributed by atoms with Crippen molar-refractivity contribution in [2.24, 2.45) is 5.73 Å². The smallest absolute Gasteiger partial charge is 0.246 e. The molecule has 0 radical (unpaired) electrons. The molecule has 0 heterocycles. The fraction of sp³-hybridized carbons (Fsp3) is 0.688. The minimum absolute atomic E-state index is 0.0492. The van der Waals surface area contributed by atoms with Crippen molar-refractivity contribution in [1.29, 1.82) is 0 Å². The summed E-state index contributed by atoms with van der Waals surface area (Å²) in [6, 6.07) is 0. The van der Waals surface area contributed by atoms with Gasteiger partial charge in [0.25, 0.3) is 0 Å². The van der Waals surface area contributed by atoms with E-state index in [4.69, 9.17) is 10.5 Å². The summed E-state index contributed by atoms with van der Waals surface area (Å²) in [4.78, 5) is 33.4. The molecule has 1 unspecified atom stereocenters. The molecule has 7 nitrogen and oxygen atoms in total. The summed E-state index contributed by atoms with van der Waals surface area (Å²) in [7, 11) is 0. The Morgan fingerprint density at radius 2 is 1.83 bits per heavy atom. The van der Waals surface area contributed by atoms with Gasteiger partial charge in [0, 0.05) is 0 Å². The maximum atomic E-state index is 11.6. The monoisotopic (exact) mass is 327 g/mol. The first-order valence-corrected chi connectivity index (χ1v) is 8.03. The highest BCUT2D eigenvalue weighted by Crippen LogP contribution is 2.11. The molecule has 0 fully saturated rings. The van der Waals surface area contributed by atoms with Crippen LogP contribution in [-0.2, 0) is 19.1 Å². The van der Waals surface area contributed by atoms with E-state index in [9.17, 15) is 14.4 Å². The number of amides is 3. The minimum Gasteiger partial charge on any atom is -0.368 e. The van der Waals surface area contributed by atoms with Crippen molar-refractivity contribution in [2.75, 3.05) is 19.7 Å². The molecule has 132 valence electrons. The van der Waals surface area contributed by atoms with Crippen LogP contribution in [0.3, 0.4) is 0 Å². The Bertz CT molecular complexity index is 386. The Morgan fingerprint density at radius 3 is 2.43 bits per heavy atom. The Balaban J connectivity index is 3.76. The van der Waals surface area contributed by atoms with Crippen molar-refractivity contribution in [3.63, 3.8) is 0 Å². The molecular weight excluding hydrogens is 298 g/mol. The third kappa shape index (κ3) is 13.5. The molecule has 0 saturated heterocycles. The van der Waals surface area contributed by atoms with Gasteiger partial charge in [-0.2, -0.15) is 0 Å². The van der Waals surface area contributed by atoms with Crippen molar-refractivity contribution < 1.29 is 19.1 Å². The van der Waals surface area contributed by atoms with E-state index >= 15 is 0 Å². The van der Waals surface area contributed by atoms with E-state index in [1.807, 2.05) is 13.0 Å². The molecule has 23 heavy (non-hydrogen) atoms. The fourth-order valence-electron chi connectivity index (χ4n) is 1.91. The minimum atomic E-state index is -0.633. The fourth-order valence-corrected chi connectivity index (χ4v) is 1.91. The highest BCUT2D eigenvalue weighted by Gasteiger charge is 2.11. The van der Waals surface area contributed by atoms with Gasteiger partial charge in [0.05, 0.1) is 19.2 Å². The quantitative estimate of drug-likeness (QED) is 0.321. The van der Waals surface area contributed by atoms with E-state index in [0.29, 0.717) is 0 Å². The molecule has 0 aromatic rings. The van der Waals surface area contributed by atoms with Crippen LogP contribution in [0, 0.1) is 0 Å². The first-order chi connectivity index (χ1) is 11.0. The summed E-state index contributed by atoms with van der Waals surface area (Å²) in [5.74, 6) is -1.46. The highest BCUT2D eigenvalue weighted by molar-refractivity contribution is 5.87. The number of nitrogens with one attached hydrogen (secondary N) is 2. The van der Waals surface area contributed by atoms with Crippen molar-refractivity contribution in [2.45, 2.75) is 51.6 Å². The molecule has 1 atom stereocenters. The van der Waals surface area contributed by atoms with Crippen LogP contribution in [0.4, 0.5) is 0 Å². The summed E-state index contributed by atoms with van der Waals surface area (Å²) < 4.78 is 5.55. The number of rotatable bonds is 14. The van der Waals surface area contributed by atoms with Crippen molar-refractivity contribution in [1.82, 2.24) is 10.6 Å². The van der Waals surface area contributed by atoms with Gasteiger partial charge in [-0.1, -0.05) is 25.8 Å². The standard InChI is InChI=1S/C16H29N3O4/c1-3-5-6-7-8-9-13(4-2)23-12-16(22)19-11-15(21)18-10-14(17)20/h3,13H,1,4-12H2,2H3,(H2,17,20)(H,18,21)(H,19,22). The van der Waals surface area contributed by atoms with Crippen LogP contribution in [0.2, 0.25) is 0 Å². The predicted octanol–water partition coefficient (Wildman–Crippen LogP) is 0.636. The van der Waals surface area contributed by atoms with Crippen molar-refractivity contribution >= 4 is 17.7 Å². The van der Waals surface area contributed by atoms with E-state index < -0.39 is 11.8 Å². The number of nitrogens with two attached hydrogens (primary N) is 1. The molecule has 4 N–H and O–H groups in total. The lowest BCUT2D eigenvalue weighted by atomic mass is 10.1. The lowest BCUT2D eigenvalue weighted by molar-refractivity contribution is -0.131. The molecule has 0 aliphatic carbocycles. The molecule has 0 bridgehead atoms. The van der Waals surface area contributed by atoms with Gasteiger partial charge in [-0.05, 0) is 25.7 Å². The second kappa shape index (κ2) is 13.8. The molecule has 0 aliphatic heterocycles. The summed E-state index contributed by atoms with van der Waals surface area (Å²) in [6.45, 7) is 5.19. The first kappa shape index (κ1) is 21.1. The van der Waals surface area contributed by atoms with Gasteiger partial charge >= 0.3 is 0 Å². The topological polar surface area (TPSA) is 111 Å². The van der Waals surface area contributed by atoms with Crippen molar-refractivity contribution in [3.8, 4) is 0 Å². The van der Waals surface area contributed by atoms with Crippen LogP contribution in [0.1, 0.15) is 45.4 Å². The zero-order valence-electron chi connectivity index (χ0n) is 13.9. The molecule has 0 saturated carbocycles. The van der Waals surface area contributed by atoms with Gasteiger partial charge < -0.3 is 21.1 Å². The Labute approximate surface area is 138 Å². The second-order valence-electron chi connectivity index (χ2n) is 5.29. The zero-order valence-corrected chi connectivity index (χ0v) is 13.9. The number of hydrogen-bond donors (Lipinski definition) is 3. The molecule has 0 aliphatic rings. The van der Waals surface area contributed by atoms with E-state index in [2.05, 4.69) is 17.2 Å². The van der Waals surface area contributed by atoms with Gasteiger partial charge in [-0.25, -0.2) is 0 Å². The number of carbonyl (C=O) groups excluding carboxylic acids is 3. The molecule has 0 aromatic carbocycles. The lowest BCUT2D eigenvalue weighted by Crippen LogP contribution is -2.41. The highest BCUT2D eigenvalue weighted by atomic mass is 16.5. The van der Waals surface area contributed by atoms with E-state index in [0.717, 1.165) is 38.5 Å². The average molecular weight is 327 g/mol. The Hall–Kier alpha value is -1.89. The molecule has 0 rings (SSSR count). The molecule has 7 heteroatoms. The van der Waals surface area contributed by atoms with Crippen LogP contribution in [-0.4, -0.2) is 43.5 Å². The SMILES string of the molecule is C=CCCCCCC(CC)OCC(=O)NCC(=O)NCC(N)=O. The number of primary amides is 1. The summed E-state index contributed by atoms with van der Waals surface area (Å²) in [5.41, 5.74) is 4.89. The van der Waals surface area contributed by atoms with E-state index in [-0.39, 0.29) is 31.7 Å².